The molecule has 0 atom stereocenters. The van der Waals surface area contributed by atoms with Crippen molar-refractivity contribution in [1.29, 1.82) is 0 Å². The Morgan fingerprint density at radius 3 is 2.55 bits per heavy atom. The number of anilines is 1. The third-order valence-electron chi connectivity index (χ3n) is 4.97. The Balaban J connectivity index is 1.44. The van der Waals surface area contributed by atoms with Gasteiger partial charge < -0.3 is 20.2 Å². The monoisotopic (exact) mass is 474 g/mol. The molecule has 0 unspecified atom stereocenters. The maximum Gasteiger partial charge on any atom is 0.265 e. The Morgan fingerprint density at radius 2 is 1.85 bits per heavy atom. The topological polar surface area (TPSA) is 145 Å². The second kappa shape index (κ2) is 9.52. The van der Waals surface area contributed by atoms with E-state index in [1.165, 1.54) is 29.6 Å². The molecule has 3 aromatic rings. The first-order chi connectivity index (χ1) is 15.9. The number of nitrogens with one attached hydrogen (secondary N) is 2. The molecule has 12 nitrogen and oxygen atoms in total. The van der Waals surface area contributed by atoms with Crippen LogP contribution < -0.4 is 15.5 Å². The van der Waals surface area contributed by atoms with Gasteiger partial charge >= 0.3 is 0 Å². The first kappa shape index (κ1) is 22.6. The second-order valence-corrected chi connectivity index (χ2v) is 9.05. The number of carbonyl (C=O) groups is 2. The first-order valence-corrected chi connectivity index (χ1v) is 11.5. The van der Waals surface area contributed by atoms with Gasteiger partial charge in [-0.15, -0.1) is 5.10 Å². The molecule has 0 saturated carbocycles. The van der Waals surface area contributed by atoms with E-state index in [2.05, 4.69) is 20.9 Å². The summed E-state index contributed by atoms with van der Waals surface area (Å²) >= 11 is 0. The Morgan fingerprint density at radius 1 is 1.12 bits per heavy atom. The van der Waals surface area contributed by atoms with Gasteiger partial charge in [0, 0.05) is 31.4 Å². The highest BCUT2D eigenvalue weighted by atomic mass is 32.2. The van der Waals surface area contributed by atoms with Crippen LogP contribution >= 0.6 is 0 Å². The first-order valence-electron chi connectivity index (χ1n) is 10.1. The van der Waals surface area contributed by atoms with E-state index in [1.54, 1.807) is 24.3 Å². The van der Waals surface area contributed by atoms with Gasteiger partial charge in [-0.25, -0.2) is 8.42 Å². The molecule has 2 aromatic carbocycles. The molecule has 2 amide bonds. The van der Waals surface area contributed by atoms with Gasteiger partial charge in [-0.3, -0.25) is 9.59 Å². The van der Waals surface area contributed by atoms with Crippen molar-refractivity contribution in [3.63, 3.8) is 0 Å². The Bertz CT molecular complexity index is 1270. The standard InChI is InChI=1S/C20H22N6O6S/c1-21-20(28)14-2-4-15(5-3-14)22-19(27)13-32-26-18-12-16(6-7-17(18)23-24-26)33(29,30)25-8-10-31-11-9-25/h2-7,12H,8-11,13H2,1H3,(H,21,28)(H,22,27). The van der Waals surface area contributed by atoms with Gasteiger partial charge in [0.2, 0.25) is 10.0 Å². The summed E-state index contributed by atoms with van der Waals surface area (Å²) in [6.45, 7) is 0.842. The van der Waals surface area contributed by atoms with E-state index in [9.17, 15) is 18.0 Å². The molecule has 0 aliphatic carbocycles. The van der Waals surface area contributed by atoms with Gasteiger partial charge in [0.1, 0.15) is 11.0 Å². The van der Waals surface area contributed by atoms with Crippen LogP contribution in [0.25, 0.3) is 11.0 Å². The summed E-state index contributed by atoms with van der Waals surface area (Å²) in [6, 6.07) is 10.8. The summed E-state index contributed by atoms with van der Waals surface area (Å²) in [7, 11) is -2.18. The zero-order valence-corrected chi connectivity index (χ0v) is 18.5. The molecule has 1 aliphatic rings. The van der Waals surface area contributed by atoms with E-state index in [4.69, 9.17) is 9.57 Å². The molecule has 2 heterocycles. The molecule has 33 heavy (non-hydrogen) atoms. The van der Waals surface area contributed by atoms with E-state index in [0.29, 0.717) is 35.5 Å². The van der Waals surface area contributed by atoms with Crippen molar-refractivity contribution in [1.82, 2.24) is 24.8 Å². The average molecular weight is 474 g/mol. The highest BCUT2D eigenvalue weighted by Crippen LogP contribution is 2.21. The number of hydrogen-bond donors (Lipinski definition) is 2. The van der Waals surface area contributed by atoms with Crippen LogP contribution in [0.15, 0.2) is 47.4 Å². The molecule has 1 fully saturated rings. The van der Waals surface area contributed by atoms with E-state index in [-0.39, 0.29) is 23.9 Å². The normalized spacial score (nSPS) is 14.7. The van der Waals surface area contributed by atoms with E-state index in [1.807, 2.05) is 0 Å². The van der Waals surface area contributed by atoms with Gasteiger partial charge in [-0.05, 0) is 47.7 Å². The van der Waals surface area contributed by atoms with Crippen LogP contribution in [0.3, 0.4) is 0 Å². The summed E-state index contributed by atoms with van der Waals surface area (Å²) < 4.78 is 32.4. The lowest BCUT2D eigenvalue weighted by atomic mass is 10.2. The molecule has 174 valence electrons. The molecule has 1 saturated heterocycles. The number of ether oxygens (including phenoxy) is 1. The van der Waals surface area contributed by atoms with Crippen molar-refractivity contribution in [3.05, 3.63) is 48.0 Å². The molecule has 0 radical (unpaired) electrons. The Labute approximate surface area is 189 Å². The molecular weight excluding hydrogens is 452 g/mol. The fourth-order valence-electron chi connectivity index (χ4n) is 3.24. The second-order valence-electron chi connectivity index (χ2n) is 7.11. The van der Waals surface area contributed by atoms with Crippen molar-refractivity contribution in [3.8, 4) is 0 Å². The number of benzene rings is 2. The Kier molecular flexibility index (Phi) is 6.53. The maximum atomic E-state index is 12.9. The van der Waals surface area contributed by atoms with Crippen molar-refractivity contribution in [2.45, 2.75) is 4.90 Å². The van der Waals surface area contributed by atoms with Gasteiger partial charge in [0.25, 0.3) is 11.8 Å². The minimum atomic E-state index is -3.71. The van der Waals surface area contributed by atoms with Gasteiger partial charge in [-0.2, -0.15) is 4.31 Å². The summed E-state index contributed by atoms with van der Waals surface area (Å²) in [5.74, 6) is -0.701. The lowest BCUT2D eigenvalue weighted by molar-refractivity contribution is -0.121. The average Bonchev–Trinajstić information content (AvgIpc) is 3.25. The van der Waals surface area contributed by atoms with E-state index < -0.39 is 22.5 Å². The Hall–Kier alpha value is -3.55. The SMILES string of the molecule is CNC(=O)c1ccc(NC(=O)COn2nnc3ccc(S(=O)(=O)N4CCOCC4)cc32)cc1. The third kappa shape index (κ3) is 4.94. The predicted molar refractivity (Wildman–Crippen MR) is 117 cm³/mol. The number of morpholine rings is 1. The van der Waals surface area contributed by atoms with E-state index >= 15 is 0 Å². The van der Waals surface area contributed by atoms with Gasteiger partial charge in [0.15, 0.2) is 6.61 Å². The number of carbonyl (C=O) groups excluding carboxylic acids is 2. The maximum absolute atomic E-state index is 12.9. The molecular formula is C20H22N6O6S. The van der Waals surface area contributed by atoms with Crippen LogP contribution in [0.2, 0.25) is 0 Å². The number of nitrogens with zero attached hydrogens (tertiary/aromatic N) is 4. The zero-order valence-electron chi connectivity index (χ0n) is 17.7. The van der Waals surface area contributed by atoms with Gasteiger partial charge in [0.05, 0.1) is 18.1 Å². The number of rotatable bonds is 7. The number of sulfonamides is 1. The molecule has 2 N–H and O–H groups in total. The van der Waals surface area contributed by atoms with Crippen LogP contribution in [0, 0.1) is 0 Å². The molecule has 0 spiro atoms. The smallest absolute Gasteiger partial charge is 0.265 e. The fourth-order valence-corrected chi connectivity index (χ4v) is 4.66. The van der Waals surface area contributed by atoms with Crippen LogP contribution in [-0.4, -0.2) is 79.7 Å². The minimum absolute atomic E-state index is 0.0738. The summed E-state index contributed by atoms with van der Waals surface area (Å²) in [6.07, 6.45) is 0. The lowest BCUT2D eigenvalue weighted by Gasteiger charge is -2.26. The third-order valence-corrected chi connectivity index (χ3v) is 6.86. The largest absolute Gasteiger partial charge is 0.385 e. The number of hydrogen-bond acceptors (Lipinski definition) is 8. The summed E-state index contributed by atoms with van der Waals surface area (Å²) in [5.41, 5.74) is 1.68. The number of fused-ring (bicyclic) bond motifs is 1. The molecule has 1 aliphatic heterocycles. The quantitative estimate of drug-likeness (QED) is 0.482. The highest BCUT2D eigenvalue weighted by molar-refractivity contribution is 7.89. The van der Waals surface area contributed by atoms with Crippen LogP contribution in [-0.2, 0) is 19.6 Å². The van der Waals surface area contributed by atoms with Crippen molar-refractivity contribution in [2.75, 3.05) is 45.3 Å². The summed E-state index contributed by atoms with van der Waals surface area (Å²) in [5, 5.41) is 12.9. The van der Waals surface area contributed by atoms with Crippen LogP contribution in [0.4, 0.5) is 5.69 Å². The van der Waals surface area contributed by atoms with Crippen LogP contribution in [0.1, 0.15) is 10.4 Å². The van der Waals surface area contributed by atoms with Crippen molar-refractivity contribution in [2.24, 2.45) is 0 Å². The lowest BCUT2D eigenvalue weighted by Crippen LogP contribution is -2.40. The molecule has 0 bridgehead atoms. The fraction of sp³-hybridized carbons (Fsp3) is 0.300. The van der Waals surface area contributed by atoms with Crippen molar-refractivity contribution >= 4 is 38.6 Å². The van der Waals surface area contributed by atoms with Crippen LogP contribution in [0.5, 0.6) is 0 Å². The number of aromatic nitrogens is 3. The number of amides is 2. The van der Waals surface area contributed by atoms with Crippen molar-refractivity contribution < 1.29 is 27.6 Å². The van der Waals surface area contributed by atoms with Gasteiger partial charge in [-0.1, -0.05) is 4.85 Å². The highest BCUT2D eigenvalue weighted by Gasteiger charge is 2.27. The summed E-state index contributed by atoms with van der Waals surface area (Å²) in [4.78, 5) is 30.4. The molecule has 1 aromatic heterocycles. The van der Waals surface area contributed by atoms with E-state index in [0.717, 1.165) is 4.85 Å². The zero-order chi connectivity index (χ0) is 23.4. The predicted octanol–water partition coefficient (Wildman–Crippen LogP) is -0.121. The molecule has 13 heteroatoms. The minimum Gasteiger partial charge on any atom is -0.385 e. The molecule has 4 rings (SSSR count).